The zero-order chi connectivity index (χ0) is 15.3. The quantitative estimate of drug-likeness (QED) is 0.679. The first-order valence-electron chi connectivity index (χ1n) is 7.78. The Kier molecular flexibility index (Phi) is 3.61. The molecule has 0 aliphatic heterocycles. The molecule has 1 atom stereocenters. The van der Waals surface area contributed by atoms with Crippen LogP contribution in [0.4, 0.5) is 0 Å². The van der Waals surface area contributed by atoms with Gasteiger partial charge in [0.15, 0.2) is 0 Å². The lowest BCUT2D eigenvalue weighted by atomic mass is 9.89. The first-order chi connectivity index (χ1) is 10.6. The maximum atomic E-state index is 10.9. The van der Waals surface area contributed by atoms with Gasteiger partial charge in [-0.1, -0.05) is 18.7 Å². The van der Waals surface area contributed by atoms with Gasteiger partial charge >= 0.3 is 5.97 Å². The highest BCUT2D eigenvalue weighted by molar-refractivity contribution is 8.00. The van der Waals surface area contributed by atoms with Gasteiger partial charge in [-0.3, -0.25) is 4.79 Å². The molecule has 2 aromatic rings. The number of carboxylic acid groups (broad SMARTS) is 1. The number of aryl methyl sites for hydroxylation is 1. The number of rotatable bonds is 4. The number of fused-ring (bicyclic) bond motifs is 3. The lowest BCUT2D eigenvalue weighted by Gasteiger charge is -2.18. The van der Waals surface area contributed by atoms with Gasteiger partial charge < -0.3 is 5.11 Å². The number of carboxylic acids is 1. The fourth-order valence-corrected chi connectivity index (χ4v) is 5.32. The Hall–Kier alpha value is -1.14. The molecule has 0 radical (unpaired) electrons. The largest absolute Gasteiger partial charge is 0.481 e. The van der Waals surface area contributed by atoms with Crippen LogP contribution in [0, 0.1) is 5.92 Å². The lowest BCUT2D eigenvalue weighted by molar-refractivity contribution is -0.133. The summed E-state index contributed by atoms with van der Waals surface area (Å²) in [6, 6.07) is 0. The van der Waals surface area contributed by atoms with Crippen molar-refractivity contribution in [2.45, 2.75) is 50.0 Å². The Morgan fingerprint density at radius 3 is 2.91 bits per heavy atom. The predicted molar refractivity (Wildman–Crippen MR) is 88.9 cm³/mol. The van der Waals surface area contributed by atoms with E-state index in [0.29, 0.717) is 5.92 Å². The molecule has 2 aliphatic rings. The van der Waals surface area contributed by atoms with Crippen LogP contribution in [0.3, 0.4) is 0 Å². The maximum Gasteiger partial charge on any atom is 0.313 e. The van der Waals surface area contributed by atoms with Crippen molar-refractivity contribution in [2.75, 3.05) is 5.75 Å². The molecule has 6 heteroatoms. The van der Waals surface area contributed by atoms with Crippen LogP contribution >= 0.6 is 23.1 Å². The summed E-state index contributed by atoms with van der Waals surface area (Å²) in [6.45, 7) is 2.30. The Morgan fingerprint density at radius 2 is 2.18 bits per heavy atom. The molecule has 1 N–H and O–H groups in total. The summed E-state index contributed by atoms with van der Waals surface area (Å²) in [4.78, 5) is 23.0. The number of thioether (sulfide) groups is 1. The summed E-state index contributed by atoms with van der Waals surface area (Å²) in [5.74, 6) is 1.42. The zero-order valence-corrected chi connectivity index (χ0v) is 14.1. The van der Waals surface area contributed by atoms with Crippen LogP contribution in [0.5, 0.6) is 0 Å². The standard InChI is InChI=1S/C16H18N2O2S2/c1-8-2-5-10-11(6-8)22-16-13(10)15(21-7-12(19)20)17-14(18-16)9-3-4-9/h8-9H,2-7H2,1H3,(H,19,20)/t8-/m0/s1. The van der Waals surface area contributed by atoms with Crippen molar-refractivity contribution in [3.8, 4) is 0 Å². The van der Waals surface area contributed by atoms with E-state index >= 15 is 0 Å². The van der Waals surface area contributed by atoms with Crippen LogP contribution in [0.1, 0.15) is 48.4 Å². The minimum atomic E-state index is -0.789. The third-order valence-corrected chi connectivity index (χ3v) is 6.52. The molecule has 2 aliphatic carbocycles. The van der Waals surface area contributed by atoms with Crippen LogP contribution in [0.25, 0.3) is 10.2 Å². The molecular formula is C16H18N2O2S2. The van der Waals surface area contributed by atoms with E-state index in [9.17, 15) is 4.79 Å². The van der Waals surface area contributed by atoms with Gasteiger partial charge in [-0.25, -0.2) is 9.97 Å². The smallest absolute Gasteiger partial charge is 0.313 e. The van der Waals surface area contributed by atoms with Gasteiger partial charge in [0.2, 0.25) is 0 Å². The van der Waals surface area contributed by atoms with E-state index in [1.807, 2.05) is 0 Å². The predicted octanol–water partition coefficient (Wildman–Crippen LogP) is 3.87. The third kappa shape index (κ3) is 2.63. The number of hydrogen-bond acceptors (Lipinski definition) is 5. The van der Waals surface area contributed by atoms with E-state index in [2.05, 4.69) is 6.92 Å². The Labute approximate surface area is 137 Å². The molecule has 0 spiro atoms. The van der Waals surface area contributed by atoms with Crippen molar-refractivity contribution in [1.82, 2.24) is 9.97 Å². The van der Waals surface area contributed by atoms with Crippen LogP contribution < -0.4 is 0 Å². The van der Waals surface area contributed by atoms with Crippen molar-refractivity contribution >= 4 is 39.3 Å². The first kappa shape index (κ1) is 14.5. The van der Waals surface area contributed by atoms with E-state index < -0.39 is 5.97 Å². The summed E-state index contributed by atoms with van der Waals surface area (Å²) in [6.07, 6.45) is 5.72. The van der Waals surface area contributed by atoms with Crippen LogP contribution in [0.15, 0.2) is 5.03 Å². The molecule has 4 rings (SSSR count). The second-order valence-corrected chi connectivity index (χ2v) is 8.42. The molecule has 0 amide bonds. The zero-order valence-electron chi connectivity index (χ0n) is 12.5. The van der Waals surface area contributed by atoms with Crippen molar-refractivity contribution in [3.05, 3.63) is 16.3 Å². The minimum absolute atomic E-state index is 0.0667. The maximum absolute atomic E-state index is 10.9. The molecule has 1 saturated carbocycles. The van der Waals surface area contributed by atoms with Crippen LogP contribution in [0.2, 0.25) is 0 Å². The number of hydrogen-bond donors (Lipinski definition) is 1. The molecule has 0 saturated heterocycles. The molecular weight excluding hydrogens is 316 g/mol. The van der Waals surface area contributed by atoms with Crippen LogP contribution in [-0.4, -0.2) is 26.8 Å². The monoisotopic (exact) mass is 334 g/mol. The second kappa shape index (κ2) is 5.49. The van der Waals surface area contributed by atoms with Gasteiger partial charge in [0, 0.05) is 16.2 Å². The summed E-state index contributed by atoms with van der Waals surface area (Å²) < 4.78 is 0. The summed E-state index contributed by atoms with van der Waals surface area (Å²) >= 11 is 3.15. The molecule has 4 nitrogen and oxygen atoms in total. The molecule has 0 unspecified atom stereocenters. The molecule has 0 bridgehead atoms. The summed E-state index contributed by atoms with van der Waals surface area (Å²) in [5.41, 5.74) is 1.38. The Balaban J connectivity index is 1.83. The number of aromatic nitrogens is 2. The fourth-order valence-electron chi connectivity index (χ4n) is 3.08. The average Bonchev–Trinajstić information content (AvgIpc) is 3.25. The van der Waals surface area contributed by atoms with Gasteiger partial charge in [0.05, 0.1) is 5.75 Å². The van der Waals surface area contributed by atoms with Gasteiger partial charge in [0.1, 0.15) is 15.7 Å². The topological polar surface area (TPSA) is 63.1 Å². The molecule has 22 heavy (non-hydrogen) atoms. The van der Waals surface area contributed by atoms with Gasteiger partial charge in [-0.15, -0.1) is 11.3 Å². The fraction of sp³-hybridized carbons (Fsp3) is 0.562. The van der Waals surface area contributed by atoms with E-state index in [4.69, 9.17) is 15.1 Å². The van der Waals surface area contributed by atoms with Crippen molar-refractivity contribution in [2.24, 2.45) is 5.92 Å². The highest BCUT2D eigenvalue weighted by atomic mass is 32.2. The minimum Gasteiger partial charge on any atom is -0.481 e. The van der Waals surface area contributed by atoms with Crippen molar-refractivity contribution in [1.29, 1.82) is 0 Å². The SMILES string of the molecule is C[C@H]1CCc2c(sc3nc(C4CC4)nc(SCC(=O)O)c23)C1. The molecule has 0 aromatic carbocycles. The molecule has 1 fully saturated rings. The Bertz CT molecular complexity index is 752. The summed E-state index contributed by atoms with van der Waals surface area (Å²) in [5, 5.41) is 11.0. The van der Waals surface area contributed by atoms with E-state index in [0.717, 1.165) is 52.7 Å². The van der Waals surface area contributed by atoms with E-state index in [1.165, 1.54) is 28.6 Å². The van der Waals surface area contributed by atoms with Crippen LogP contribution in [-0.2, 0) is 17.6 Å². The number of thiophene rings is 1. The number of carbonyl (C=O) groups is 1. The number of aliphatic carboxylic acids is 1. The normalized spacial score (nSPS) is 21.0. The molecule has 116 valence electrons. The van der Waals surface area contributed by atoms with Gasteiger partial charge in [-0.2, -0.15) is 0 Å². The highest BCUT2D eigenvalue weighted by Gasteiger charge is 2.30. The van der Waals surface area contributed by atoms with Gasteiger partial charge in [0.25, 0.3) is 0 Å². The van der Waals surface area contributed by atoms with Crippen molar-refractivity contribution < 1.29 is 9.90 Å². The lowest BCUT2D eigenvalue weighted by Crippen LogP contribution is -2.09. The van der Waals surface area contributed by atoms with E-state index in [1.54, 1.807) is 11.3 Å². The second-order valence-electron chi connectivity index (χ2n) is 6.38. The summed E-state index contributed by atoms with van der Waals surface area (Å²) in [7, 11) is 0. The van der Waals surface area contributed by atoms with Gasteiger partial charge in [-0.05, 0) is 43.6 Å². The highest BCUT2D eigenvalue weighted by Crippen LogP contribution is 2.44. The average molecular weight is 334 g/mol. The van der Waals surface area contributed by atoms with Crippen molar-refractivity contribution in [3.63, 3.8) is 0 Å². The molecule has 2 aromatic heterocycles. The van der Waals surface area contributed by atoms with E-state index in [-0.39, 0.29) is 5.75 Å². The molecule has 2 heterocycles. The third-order valence-electron chi connectivity index (χ3n) is 4.41. The number of nitrogens with zero attached hydrogens (tertiary/aromatic N) is 2. The Morgan fingerprint density at radius 1 is 1.36 bits per heavy atom. The first-order valence-corrected chi connectivity index (χ1v) is 9.58.